The first-order valence-electron chi connectivity index (χ1n) is 19.1. The predicted molar refractivity (Wildman–Crippen MR) is 237 cm³/mol. The lowest BCUT2D eigenvalue weighted by atomic mass is 9.77. The number of thioether (sulfide) groups is 2. The maximum atomic E-state index is 14.3. The molecule has 1 saturated heterocycles. The van der Waals surface area contributed by atoms with E-state index in [0.29, 0.717) is 26.9 Å². The highest BCUT2D eigenvalue weighted by atomic mass is 32.2. The fraction of sp³-hybridized carbons (Fsp3) is 0.256. The van der Waals surface area contributed by atoms with Gasteiger partial charge in [-0.15, -0.1) is 34.9 Å². The Kier molecular flexibility index (Phi) is 13.1. The minimum absolute atomic E-state index is 0.0669. The summed E-state index contributed by atoms with van der Waals surface area (Å²) in [6.07, 6.45) is 2.43. The van der Waals surface area contributed by atoms with Gasteiger partial charge in [0.1, 0.15) is 35.0 Å². The molecule has 0 radical (unpaired) electrons. The number of aliphatic carboxylic acids is 1. The standard InChI is InChI=1S/C43H44N6O7S3Si/c1-28(56-60(2,3)4)24-55-47-35(38(50)45-36-39(51)49-37(41(52)53)29(26-58-40(36)49)25-57-33-20-22-48(54)23-21-33)34-27-59-42(44-34)46-43(30-14-8-5-9-15-30,31-16-10-6-11-17-31)32-18-12-7-13-19-32/h5-23,27-28,36,40H,24-26H2,1-4H3,(H,44,46)(H,45,50)(H,52,53)/b47-35-/t28?,36-,40-/m1/s1. The Morgan fingerprint density at radius 3 is 2.13 bits per heavy atom. The Hall–Kier alpha value is -5.46. The molecule has 1 unspecified atom stereocenters. The fourth-order valence-electron chi connectivity index (χ4n) is 7.10. The molecule has 0 aliphatic carbocycles. The van der Waals surface area contributed by atoms with Gasteiger partial charge < -0.3 is 30.2 Å². The maximum Gasteiger partial charge on any atom is 0.352 e. The van der Waals surface area contributed by atoms with E-state index in [1.807, 2.05) is 61.5 Å². The van der Waals surface area contributed by atoms with Crippen molar-refractivity contribution in [2.24, 2.45) is 5.16 Å². The van der Waals surface area contributed by atoms with Crippen molar-refractivity contribution in [1.29, 1.82) is 0 Å². The van der Waals surface area contributed by atoms with Crippen LogP contribution in [-0.4, -0.2) is 82.4 Å². The predicted octanol–water partition coefficient (Wildman–Crippen LogP) is 6.67. The van der Waals surface area contributed by atoms with Gasteiger partial charge in [-0.1, -0.05) is 96.2 Å². The minimum Gasteiger partial charge on any atom is -0.619 e. The molecule has 2 amide bonds. The third-order valence-corrected chi connectivity index (χ3v) is 13.9. The molecule has 13 nitrogen and oxygen atoms in total. The van der Waals surface area contributed by atoms with Crippen molar-refractivity contribution in [3.8, 4) is 0 Å². The molecule has 1 fully saturated rings. The zero-order valence-electron chi connectivity index (χ0n) is 33.3. The molecule has 7 rings (SSSR count). The van der Waals surface area contributed by atoms with E-state index < -0.39 is 43.1 Å². The van der Waals surface area contributed by atoms with Crippen LogP contribution in [0.2, 0.25) is 19.6 Å². The lowest BCUT2D eigenvalue weighted by molar-refractivity contribution is -0.605. The van der Waals surface area contributed by atoms with Gasteiger partial charge in [0.2, 0.25) is 0 Å². The van der Waals surface area contributed by atoms with E-state index in [1.54, 1.807) is 17.5 Å². The number of anilines is 1. The molecule has 60 heavy (non-hydrogen) atoms. The molecule has 3 N–H and O–H groups in total. The van der Waals surface area contributed by atoms with Gasteiger partial charge in [-0.25, -0.2) is 9.78 Å². The number of nitrogens with one attached hydrogen (secondary N) is 2. The number of β-lactam (4-membered cyclic amide) rings is 1. The molecular formula is C43H44N6O7S3Si. The highest BCUT2D eigenvalue weighted by Crippen LogP contribution is 2.43. The normalized spacial score (nSPS) is 17.4. The number of thiazole rings is 1. The average molecular weight is 881 g/mol. The third-order valence-electron chi connectivity index (χ3n) is 9.62. The van der Waals surface area contributed by atoms with Crippen molar-refractivity contribution in [2.45, 2.75) is 54.5 Å². The van der Waals surface area contributed by atoms with Crippen molar-refractivity contribution >= 4 is 71.8 Å². The smallest absolute Gasteiger partial charge is 0.352 e. The number of amides is 2. The maximum absolute atomic E-state index is 14.3. The summed E-state index contributed by atoms with van der Waals surface area (Å²) in [7, 11) is -1.90. The van der Waals surface area contributed by atoms with E-state index in [-0.39, 0.29) is 29.8 Å². The number of carboxylic acids is 1. The summed E-state index contributed by atoms with van der Waals surface area (Å²) in [6, 6.07) is 32.4. The number of carbonyl (C=O) groups is 3. The number of carbonyl (C=O) groups excluding carboxylic acids is 2. The SMILES string of the molecule is CC(CO/N=C(\C(=O)N[C@@H]1C(=O)N2C(C(=O)O)=C(CSc3cc[n+]([O-])cc3)CS[C@H]12)c1csc(NC(c2ccccc2)(c2ccccc2)c2ccccc2)n1)O[Si](C)(C)C. The lowest BCUT2D eigenvalue weighted by Gasteiger charge is -2.49. The van der Waals surface area contributed by atoms with Gasteiger partial charge in [-0.05, 0) is 48.8 Å². The summed E-state index contributed by atoms with van der Waals surface area (Å²) < 4.78 is 6.79. The molecule has 2 aliphatic heterocycles. The van der Waals surface area contributed by atoms with E-state index in [1.165, 1.54) is 52.2 Å². The third kappa shape index (κ3) is 9.45. The monoisotopic (exact) mass is 880 g/mol. The van der Waals surface area contributed by atoms with Crippen LogP contribution in [0.5, 0.6) is 0 Å². The molecule has 0 bridgehead atoms. The zero-order chi connectivity index (χ0) is 42.4. The van der Waals surface area contributed by atoms with Gasteiger partial charge in [0, 0.05) is 33.9 Å². The van der Waals surface area contributed by atoms with Crippen molar-refractivity contribution in [2.75, 3.05) is 23.4 Å². The summed E-state index contributed by atoms with van der Waals surface area (Å²) in [4.78, 5) is 53.2. The number of benzene rings is 3. The van der Waals surface area contributed by atoms with Gasteiger partial charge in [-0.3, -0.25) is 14.5 Å². The number of fused-ring (bicyclic) bond motifs is 1. The first-order valence-corrected chi connectivity index (χ1v) is 25.5. The van der Waals surface area contributed by atoms with Gasteiger partial charge >= 0.3 is 5.97 Å². The molecule has 3 atom stereocenters. The molecule has 2 aliphatic rings. The van der Waals surface area contributed by atoms with Crippen LogP contribution in [0.4, 0.5) is 5.13 Å². The van der Waals surface area contributed by atoms with E-state index in [4.69, 9.17) is 14.2 Å². The number of hydrogen-bond acceptors (Lipinski definition) is 12. The van der Waals surface area contributed by atoms with Crippen LogP contribution in [0, 0.1) is 5.21 Å². The zero-order valence-corrected chi connectivity index (χ0v) is 36.8. The first-order chi connectivity index (χ1) is 28.8. The lowest BCUT2D eigenvalue weighted by Crippen LogP contribution is -2.71. The fourth-order valence-corrected chi connectivity index (χ4v) is 11.5. The van der Waals surface area contributed by atoms with Crippen molar-refractivity contribution in [1.82, 2.24) is 15.2 Å². The van der Waals surface area contributed by atoms with E-state index in [9.17, 15) is 24.7 Å². The van der Waals surface area contributed by atoms with Crippen LogP contribution in [0.25, 0.3) is 0 Å². The van der Waals surface area contributed by atoms with Gasteiger partial charge in [0.05, 0.1) is 6.10 Å². The second-order valence-electron chi connectivity index (χ2n) is 15.1. The van der Waals surface area contributed by atoms with E-state index in [0.717, 1.165) is 21.6 Å². The Labute approximate surface area is 361 Å². The summed E-state index contributed by atoms with van der Waals surface area (Å²) in [5.74, 6) is -1.85. The molecule has 0 saturated carbocycles. The number of pyridine rings is 1. The second kappa shape index (κ2) is 18.4. The quantitative estimate of drug-likeness (QED) is 0.0133. The van der Waals surface area contributed by atoms with Gasteiger partial charge in [0.25, 0.3) is 11.8 Å². The van der Waals surface area contributed by atoms with Crippen molar-refractivity contribution in [3.63, 3.8) is 0 Å². The van der Waals surface area contributed by atoms with Crippen molar-refractivity contribution < 1.29 is 33.5 Å². The largest absolute Gasteiger partial charge is 0.619 e. The highest BCUT2D eigenvalue weighted by Gasteiger charge is 2.54. The molecule has 0 spiro atoms. The van der Waals surface area contributed by atoms with Crippen LogP contribution in [0.1, 0.15) is 29.3 Å². The van der Waals surface area contributed by atoms with Crippen LogP contribution in [0.3, 0.4) is 0 Å². The number of hydrogen-bond donors (Lipinski definition) is 3. The number of nitrogens with zero attached hydrogens (tertiary/aromatic N) is 4. The Morgan fingerprint density at radius 2 is 1.58 bits per heavy atom. The van der Waals surface area contributed by atoms with E-state index in [2.05, 4.69) is 71.8 Å². The van der Waals surface area contributed by atoms with Crippen LogP contribution in [0.15, 0.2) is 142 Å². The minimum atomic E-state index is -1.90. The number of carboxylic acid groups (broad SMARTS) is 1. The van der Waals surface area contributed by atoms with Gasteiger partial charge in [-0.2, -0.15) is 4.73 Å². The van der Waals surface area contributed by atoms with E-state index >= 15 is 0 Å². The molecule has 2 aromatic heterocycles. The van der Waals surface area contributed by atoms with Crippen LogP contribution < -0.4 is 15.4 Å². The summed E-state index contributed by atoms with van der Waals surface area (Å²) in [6.45, 7) is 8.14. The Morgan fingerprint density at radius 1 is 1.00 bits per heavy atom. The topological polar surface area (TPSA) is 169 Å². The molecule has 4 heterocycles. The van der Waals surface area contributed by atoms with Crippen LogP contribution >= 0.6 is 34.9 Å². The molecule has 310 valence electrons. The highest BCUT2D eigenvalue weighted by molar-refractivity contribution is 8.01. The van der Waals surface area contributed by atoms with Gasteiger partial charge in [0.15, 0.2) is 31.6 Å². The number of rotatable bonds is 17. The van der Waals surface area contributed by atoms with Crippen LogP contribution in [-0.2, 0) is 29.2 Å². The molecule has 5 aromatic rings. The second-order valence-corrected chi connectivity index (χ2v) is 22.6. The summed E-state index contributed by atoms with van der Waals surface area (Å²) >= 11 is 4.03. The average Bonchev–Trinajstić information content (AvgIpc) is 3.70. The Balaban J connectivity index is 1.17. The molecular weight excluding hydrogens is 837 g/mol. The first kappa shape index (κ1) is 42.7. The summed E-state index contributed by atoms with van der Waals surface area (Å²) in [5, 5.41) is 34.1. The summed E-state index contributed by atoms with van der Waals surface area (Å²) in [5.41, 5.74) is 2.56. The molecule has 3 aromatic carbocycles. The number of oxime groups is 1. The van der Waals surface area contributed by atoms with Crippen molar-refractivity contribution in [3.05, 3.63) is 160 Å². The number of aromatic nitrogens is 2. The Bertz CT molecular complexity index is 2280. The molecule has 17 heteroatoms.